The average molecular weight is 424 g/mol. The summed E-state index contributed by atoms with van der Waals surface area (Å²) in [5.74, 6) is -0.465. The maximum Gasteiger partial charge on any atom is 0.269 e. The van der Waals surface area contributed by atoms with Gasteiger partial charge in [-0.2, -0.15) is 0 Å². The first-order chi connectivity index (χ1) is 15.0. The van der Waals surface area contributed by atoms with E-state index >= 15 is 0 Å². The van der Waals surface area contributed by atoms with Crippen LogP contribution in [0, 0.1) is 21.8 Å². The SMILES string of the molecule is O=C(NC1CC1)[C@H]1Cc2cc([N+](=O)[O-])ccc2N2CCN(Cc3ccc(F)cc3)C[C@H]12. The summed E-state index contributed by atoms with van der Waals surface area (Å²) < 4.78 is 13.2. The average Bonchev–Trinajstić information content (AvgIpc) is 3.58. The Labute approximate surface area is 180 Å². The van der Waals surface area contributed by atoms with Crippen molar-refractivity contribution in [3.8, 4) is 0 Å². The lowest BCUT2D eigenvalue weighted by Crippen LogP contribution is -2.61. The minimum Gasteiger partial charge on any atom is -0.365 e. The van der Waals surface area contributed by atoms with E-state index in [0.29, 0.717) is 13.0 Å². The fourth-order valence-electron chi connectivity index (χ4n) is 4.81. The molecule has 0 bridgehead atoms. The molecule has 1 N–H and O–H groups in total. The van der Waals surface area contributed by atoms with Crippen LogP contribution in [0.15, 0.2) is 42.5 Å². The van der Waals surface area contributed by atoms with E-state index in [1.807, 2.05) is 6.07 Å². The quantitative estimate of drug-likeness (QED) is 0.590. The van der Waals surface area contributed by atoms with Gasteiger partial charge in [0.05, 0.1) is 16.9 Å². The highest BCUT2D eigenvalue weighted by atomic mass is 19.1. The molecular weight excluding hydrogens is 399 g/mol. The van der Waals surface area contributed by atoms with E-state index < -0.39 is 0 Å². The number of halogens is 1. The van der Waals surface area contributed by atoms with Crippen LogP contribution in [-0.2, 0) is 17.8 Å². The van der Waals surface area contributed by atoms with Gasteiger partial charge in [-0.3, -0.25) is 19.8 Å². The van der Waals surface area contributed by atoms with Gasteiger partial charge in [0.15, 0.2) is 0 Å². The van der Waals surface area contributed by atoms with Crippen LogP contribution in [0.2, 0.25) is 0 Å². The van der Waals surface area contributed by atoms with E-state index in [-0.39, 0.29) is 40.3 Å². The van der Waals surface area contributed by atoms with Crippen LogP contribution in [0.1, 0.15) is 24.0 Å². The summed E-state index contributed by atoms with van der Waals surface area (Å²) in [7, 11) is 0. The molecule has 0 unspecified atom stereocenters. The molecule has 2 atom stereocenters. The van der Waals surface area contributed by atoms with Gasteiger partial charge >= 0.3 is 0 Å². The van der Waals surface area contributed by atoms with Gasteiger partial charge in [-0.05, 0) is 48.6 Å². The lowest BCUT2D eigenvalue weighted by atomic mass is 9.83. The van der Waals surface area contributed by atoms with Gasteiger partial charge < -0.3 is 10.2 Å². The summed E-state index contributed by atoms with van der Waals surface area (Å²) in [5, 5.41) is 14.4. The van der Waals surface area contributed by atoms with Crippen LogP contribution in [0.3, 0.4) is 0 Å². The lowest BCUT2D eigenvalue weighted by molar-refractivity contribution is -0.384. The molecular formula is C23H25FN4O3. The molecule has 2 aromatic rings. The van der Waals surface area contributed by atoms with E-state index in [1.54, 1.807) is 24.3 Å². The molecule has 0 radical (unpaired) electrons. The Bertz CT molecular complexity index is 1010. The minimum atomic E-state index is -0.383. The maximum atomic E-state index is 13.2. The normalized spacial score (nSPS) is 23.1. The molecule has 0 spiro atoms. The molecule has 2 aromatic carbocycles. The molecule has 1 saturated heterocycles. The number of rotatable bonds is 5. The summed E-state index contributed by atoms with van der Waals surface area (Å²) in [6.45, 7) is 2.97. The Morgan fingerprint density at radius 3 is 2.65 bits per heavy atom. The summed E-state index contributed by atoms with van der Waals surface area (Å²) in [6.07, 6.45) is 2.54. The first-order valence-corrected chi connectivity index (χ1v) is 10.8. The number of benzene rings is 2. The van der Waals surface area contributed by atoms with Crippen LogP contribution in [0.4, 0.5) is 15.8 Å². The second kappa shape index (κ2) is 7.92. The predicted molar refractivity (Wildman–Crippen MR) is 114 cm³/mol. The van der Waals surface area contributed by atoms with E-state index in [9.17, 15) is 19.3 Å². The second-order valence-electron chi connectivity index (χ2n) is 8.79. The summed E-state index contributed by atoms with van der Waals surface area (Å²) >= 11 is 0. The third-order valence-corrected chi connectivity index (χ3v) is 6.57. The number of amides is 1. The Morgan fingerprint density at radius 1 is 1.16 bits per heavy atom. The molecule has 1 aliphatic carbocycles. The Kier molecular flexibility index (Phi) is 5.09. The summed E-state index contributed by atoms with van der Waals surface area (Å²) in [5.41, 5.74) is 2.97. The molecule has 2 fully saturated rings. The zero-order valence-corrected chi connectivity index (χ0v) is 17.2. The zero-order valence-electron chi connectivity index (χ0n) is 17.2. The number of fused-ring (bicyclic) bond motifs is 3. The van der Waals surface area contributed by atoms with Crippen molar-refractivity contribution in [3.05, 3.63) is 69.5 Å². The number of non-ortho nitro benzene ring substituents is 1. The van der Waals surface area contributed by atoms with Crippen LogP contribution >= 0.6 is 0 Å². The van der Waals surface area contributed by atoms with Crippen LogP contribution in [0.25, 0.3) is 0 Å². The third kappa shape index (κ3) is 4.12. The number of hydrogen-bond donors (Lipinski definition) is 1. The van der Waals surface area contributed by atoms with Crippen LogP contribution < -0.4 is 10.2 Å². The molecule has 8 heteroatoms. The predicted octanol–water partition coefficient (Wildman–Crippen LogP) is 2.88. The van der Waals surface area contributed by atoms with Gasteiger partial charge in [0.2, 0.25) is 5.91 Å². The van der Waals surface area contributed by atoms with Crippen molar-refractivity contribution in [1.29, 1.82) is 0 Å². The van der Waals surface area contributed by atoms with Gasteiger partial charge in [-0.1, -0.05) is 12.1 Å². The van der Waals surface area contributed by atoms with Crippen molar-refractivity contribution in [2.24, 2.45) is 5.92 Å². The van der Waals surface area contributed by atoms with E-state index in [4.69, 9.17) is 0 Å². The van der Waals surface area contributed by atoms with E-state index in [0.717, 1.165) is 49.3 Å². The number of nitrogens with zero attached hydrogens (tertiary/aromatic N) is 3. The minimum absolute atomic E-state index is 0.00176. The highest BCUT2D eigenvalue weighted by Crippen LogP contribution is 2.38. The highest BCUT2D eigenvalue weighted by molar-refractivity contribution is 5.82. The number of carbonyl (C=O) groups excluding carboxylic acids is 1. The number of nitrogens with one attached hydrogen (secondary N) is 1. The molecule has 31 heavy (non-hydrogen) atoms. The zero-order chi connectivity index (χ0) is 21.5. The number of piperazine rings is 1. The topological polar surface area (TPSA) is 78.7 Å². The highest BCUT2D eigenvalue weighted by Gasteiger charge is 2.43. The van der Waals surface area contributed by atoms with Crippen molar-refractivity contribution in [2.45, 2.75) is 37.9 Å². The summed E-state index contributed by atoms with van der Waals surface area (Å²) in [4.78, 5) is 28.5. The molecule has 7 nitrogen and oxygen atoms in total. The number of carbonyl (C=O) groups is 1. The van der Waals surface area contributed by atoms with Crippen molar-refractivity contribution >= 4 is 17.3 Å². The van der Waals surface area contributed by atoms with Crippen molar-refractivity contribution in [2.75, 3.05) is 24.5 Å². The molecule has 5 rings (SSSR count). The van der Waals surface area contributed by atoms with E-state index in [1.165, 1.54) is 12.1 Å². The standard InChI is InChI=1S/C23H25FN4O3/c24-17-3-1-15(2-4-17)13-26-9-10-27-21-8-7-19(28(30)31)11-16(21)12-20(22(27)14-26)23(29)25-18-5-6-18/h1-4,7-8,11,18,20,22H,5-6,9-10,12-14H2,(H,25,29)/t20-,22+/m0/s1. The molecule has 2 aliphatic heterocycles. The summed E-state index contributed by atoms with van der Waals surface area (Å²) in [6, 6.07) is 11.8. The fraction of sp³-hybridized carbons (Fsp3) is 0.435. The van der Waals surface area contributed by atoms with E-state index in [2.05, 4.69) is 15.1 Å². The fourth-order valence-corrected chi connectivity index (χ4v) is 4.81. The van der Waals surface area contributed by atoms with Gasteiger partial charge in [0.25, 0.3) is 5.69 Å². The first kappa shape index (κ1) is 19.9. The second-order valence-corrected chi connectivity index (χ2v) is 8.79. The van der Waals surface area contributed by atoms with Gasteiger partial charge in [0.1, 0.15) is 5.82 Å². The number of anilines is 1. The monoisotopic (exact) mass is 424 g/mol. The van der Waals surface area contributed by atoms with Gasteiger partial charge in [-0.25, -0.2) is 4.39 Å². The number of nitro benzene ring substituents is 1. The van der Waals surface area contributed by atoms with Crippen molar-refractivity contribution in [1.82, 2.24) is 10.2 Å². The molecule has 1 amide bonds. The number of nitro groups is 1. The molecule has 162 valence electrons. The lowest BCUT2D eigenvalue weighted by Gasteiger charge is -2.49. The molecule has 3 aliphatic rings. The Balaban J connectivity index is 1.41. The van der Waals surface area contributed by atoms with Crippen molar-refractivity contribution < 1.29 is 14.1 Å². The van der Waals surface area contributed by atoms with Crippen molar-refractivity contribution in [3.63, 3.8) is 0 Å². The molecule has 0 aromatic heterocycles. The Morgan fingerprint density at radius 2 is 1.94 bits per heavy atom. The van der Waals surface area contributed by atoms with Gasteiger partial charge in [0, 0.05) is 50.0 Å². The number of hydrogen-bond acceptors (Lipinski definition) is 5. The molecule has 2 heterocycles. The van der Waals surface area contributed by atoms with Crippen LogP contribution in [0.5, 0.6) is 0 Å². The largest absolute Gasteiger partial charge is 0.365 e. The smallest absolute Gasteiger partial charge is 0.269 e. The maximum absolute atomic E-state index is 13.2. The first-order valence-electron chi connectivity index (χ1n) is 10.8. The Hall–Kier alpha value is -3.00. The molecule has 1 saturated carbocycles. The van der Waals surface area contributed by atoms with Crippen LogP contribution in [-0.4, -0.2) is 47.4 Å². The van der Waals surface area contributed by atoms with Gasteiger partial charge in [-0.15, -0.1) is 0 Å². The third-order valence-electron chi connectivity index (χ3n) is 6.57.